The lowest BCUT2D eigenvalue weighted by atomic mass is 10.1. The van der Waals surface area contributed by atoms with Crippen LogP contribution in [0.25, 0.3) is 0 Å². The molecule has 0 saturated heterocycles. The van der Waals surface area contributed by atoms with Crippen molar-refractivity contribution in [3.63, 3.8) is 0 Å². The number of esters is 1. The molecule has 2 nitrogen and oxygen atoms in total. The molecule has 0 aliphatic heterocycles. The summed E-state index contributed by atoms with van der Waals surface area (Å²) in [5.74, 6) is -0.921. The van der Waals surface area contributed by atoms with E-state index in [2.05, 4.69) is 4.74 Å². The molecule has 0 aliphatic rings. The topological polar surface area (TPSA) is 26.3 Å². The van der Waals surface area contributed by atoms with E-state index in [0.717, 1.165) is 19.3 Å². The van der Waals surface area contributed by atoms with E-state index in [1.807, 2.05) is 6.92 Å². The first kappa shape index (κ1) is 16.0. The minimum atomic E-state index is -4.45. The Morgan fingerprint density at radius 2 is 1.82 bits per heavy atom. The summed E-state index contributed by atoms with van der Waals surface area (Å²) >= 11 is 0. The summed E-state index contributed by atoms with van der Waals surface area (Å²) in [5.41, 5.74) is -0.799. The monoisotopic (exact) mass is 252 g/mol. The molecule has 100 valence electrons. The average molecular weight is 252 g/mol. The number of carbonyl (C=O) groups excluding carboxylic acids is 1. The number of hydrogen-bond acceptors (Lipinski definition) is 2. The Kier molecular flexibility index (Phi) is 7.66. The van der Waals surface area contributed by atoms with Crippen molar-refractivity contribution in [2.45, 2.75) is 52.1 Å². The highest BCUT2D eigenvalue weighted by atomic mass is 19.4. The third kappa shape index (κ3) is 7.82. The fourth-order valence-electron chi connectivity index (χ4n) is 1.36. The summed E-state index contributed by atoms with van der Waals surface area (Å²) in [6, 6.07) is 0. The van der Waals surface area contributed by atoms with Gasteiger partial charge in [0.1, 0.15) is 0 Å². The number of rotatable bonds is 7. The quantitative estimate of drug-likeness (QED) is 0.389. The highest BCUT2D eigenvalue weighted by Gasteiger charge is 2.33. The second-order valence-corrected chi connectivity index (χ2v) is 3.73. The van der Waals surface area contributed by atoms with Crippen LogP contribution in [0.2, 0.25) is 0 Å². The first-order chi connectivity index (χ1) is 7.91. The number of unbranched alkanes of at least 4 members (excludes halogenated alkanes) is 3. The van der Waals surface area contributed by atoms with Crippen LogP contribution >= 0.6 is 0 Å². The minimum Gasteiger partial charge on any atom is -0.463 e. The van der Waals surface area contributed by atoms with Gasteiger partial charge in [-0.3, -0.25) is 0 Å². The molecule has 0 saturated carbocycles. The highest BCUT2D eigenvalue weighted by molar-refractivity contribution is 5.83. The molecule has 0 aliphatic carbocycles. The number of alkyl halides is 3. The summed E-state index contributed by atoms with van der Waals surface area (Å²) in [5, 5.41) is 0. The number of ether oxygens (including phenoxy) is 1. The van der Waals surface area contributed by atoms with Gasteiger partial charge in [0.15, 0.2) is 0 Å². The Labute approximate surface area is 99.8 Å². The molecule has 0 rings (SSSR count). The largest absolute Gasteiger partial charge is 0.463 e. The van der Waals surface area contributed by atoms with Crippen LogP contribution in [-0.4, -0.2) is 18.8 Å². The highest BCUT2D eigenvalue weighted by Crippen LogP contribution is 2.29. The molecule has 0 atom stereocenters. The van der Waals surface area contributed by atoms with Gasteiger partial charge in [-0.1, -0.05) is 26.2 Å². The van der Waals surface area contributed by atoms with Crippen LogP contribution in [0.1, 0.15) is 46.0 Å². The minimum absolute atomic E-state index is 0.0797. The molecule has 0 fully saturated rings. The van der Waals surface area contributed by atoms with Crippen molar-refractivity contribution in [2.24, 2.45) is 0 Å². The number of allylic oxidation sites excluding steroid dienone is 1. The van der Waals surface area contributed by atoms with Crippen LogP contribution in [0.5, 0.6) is 0 Å². The summed E-state index contributed by atoms with van der Waals surface area (Å²) in [6.07, 6.45) is -0.949. The van der Waals surface area contributed by atoms with Gasteiger partial charge < -0.3 is 4.74 Å². The van der Waals surface area contributed by atoms with Gasteiger partial charge in [-0.25, -0.2) is 4.79 Å². The van der Waals surface area contributed by atoms with Crippen molar-refractivity contribution in [1.82, 2.24) is 0 Å². The fourth-order valence-corrected chi connectivity index (χ4v) is 1.36. The molecular weight excluding hydrogens is 233 g/mol. The van der Waals surface area contributed by atoms with Crippen LogP contribution in [-0.2, 0) is 9.53 Å². The summed E-state index contributed by atoms with van der Waals surface area (Å²) < 4.78 is 42.1. The van der Waals surface area contributed by atoms with Crippen LogP contribution in [0.4, 0.5) is 13.2 Å². The molecule has 0 radical (unpaired) electrons. The van der Waals surface area contributed by atoms with Crippen molar-refractivity contribution in [3.8, 4) is 0 Å². The maximum atomic E-state index is 12.6. The van der Waals surface area contributed by atoms with Gasteiger partial charge in [0, 0.05) is 11.6 Å². The second-order valence-electron chi connectivity index (χ2n) is 3.73. The van der Waals surface area contributed by atoms with Crippen molar-refractivity contribution < 1.29 is 22.7 Å². The summed E-state index contributed by atoms with van der Waals surface area (Å²) in [7, 11) is 0. The van der Waals surface area contributed by atoms with Gasteiger partial charge in [-0.05, 0) is 19.8 Å². The zero-order chi connectivity index (χ0) is 13.3. The van der Waals surface area contributed by atoms with Crippen molar-refractivity contribution in [1.29, 1.82) is 0 Å². The molecule has 0 heterocycles. The summed E-state index contributed by atoms with van der Waals surface area (Å²) in [4.78, 5) is 11.0. The lowest BCUT2D eigenvalue weighted by Gasteiger charge is -2.11. The fraction of sp³-hybridized carbons (Fsp3) is 0.750. The zero-order valence-electron chi connectivity index (χ0n) is 10.3. The molecule has 0 aromatic carbocycles. The zero-order valence-corrected chi connectivity index (χ0v) is 10.3. The molecular formula is C12H19F3O2. The molecule has 5 heteroatoms. The predicted molar refractivity (Wildman–Crippen MR) is 59.5 cm³/mol. The Morgan fingerprint density at radius 1 is 1.18 bits per heavy atom. The maximum absolute atomic E-state index is 12.6. The van der Waals surface area contributed by atoms with E-state index in [1.165, 1.54) is 0 Å². The van der Waals surface area contributed by atoms with Crippen molar-refractivity contribution in [3.05, 3.63) is 11.6 Å². The van der Waals surface area contributed by atoms with Crippen molar-refractivity contribution in [2.75, 3.05) is 6.61 Å². The lowest BCUT2D eigenvalue weighted by Crippen LogP contribution is -2.14. The molecule has 0 aromatic rings. The van der Waals surface area contributed by atoms with Crippen molar-refractivity contribution >= 4 is 5.97 Å². The third-order valence-corrected chi connectivity index (χ3v) is 2.24. The van der Waals surface area contributed by atoms with Gasteiger partial charge >= 0.3 is 12.1 Å². The van der Waals surface area contributed by atoms with Crippen LogP contribution in [0, 0.1) is 0 Å². The third-order valence-electron chi connectivity index (χ3n) is 2.24. The molecule has 0 aromatic heterocycles. The SMILES string of the molecule is CCCCCC/C(=C/C(=O)OCC)C(F)(F)F. The molecule has 0 unspecified atom stereocenters. The molecule has 0 bridgehead atoms. The molecule has 0 amide bonds. The second kappa shape index (κ2) is 8.14. The van der Waals surface area contributed by atoms with Gasteiger partial charge in [0.2, 0.25) is 0 Å². The van der Waals surface area contributed by atoms with E-state index in [9.17, 15) is 18.0 Å². The molecule has 0 N–H and O–H groups in total. The number of hydrogen-bond donors (Lipinski definition) is 0. The molecule has 0 spiro atoms. The maximum Gasteiger partial charge on any atom is 0.412 e. The predicted octanol–water partition coefficient (Wildman–Crippen LogP) is 4.01. The van der Waals surface area contributed by atoms with E-state index in [4.69, 9.17) is 0 Å². The lowest BCUT2D eigenvalue weighted by molar-refractivity contribution is -0.138. The van der Waals surface area contributed by atoms with E-state index < -0.39 is 17.7 Å². The number of halogens is 3. The Morgan fingerprint density at radius 3 is 2.29 bits per heavy atom. The summed E-state index contributed by atoms with van der Waals surface area (Å²) in [6.45, 7) is 3.62. The van der Waals surface area contributed by atoms with Gasteiger partial charge in [0.25, 0.3) is 0 Å². The van der Waals surface area contributed by atoms with E-state index in [-0.39, 0.29) is 13.0 Å². The Hall–Kier alpha value is -1.00. The smallest absolute Gasteiger partial charge is 0.412 e. The normalized spacial score (nSPS) is 12.6. The Balaban J connectivity index is 4.39. The number of carbonyl (C=O) groups is 1. The van der Waals surface area contributed by atoms with E-state index >= 15 is 0 Å². The van der Waals surface area contributed by atoms with Gasteiger partial charge in [0.05, 0.1) is 6.61 Å². The first-order valence-corrected chi connectivity index (χ1v) is 5.86. The first-order valence-electron chi connectivity index (χ1n) is 5.86. The van der Waals surface area contributed by atoms with E-state index in [1.54, 1.807) is 6.92 Å². The van der Waals surface area contributed by atoms with E-state index in [0.29, 0.717) is 12.5 Å². The average Bonchev–Trinajstić information content (AvgIpc) is 2.21. The van der Waals surface area contributed by atoms with Crippen LogP contribution in [0.15, 0.2) is 11.6 Å². The van der Waals surface area contributed by atoms with Gasteiger partial charge in [-0.2, -0.15) is 13.2 Å². The van der Waals surface area contributed by atoms with Crippen LogP contribution < -0.4 is 0 Å². The van der Waals surface area contributed by atoms with Gasteiger partial charge in [-0.15, -0.1) is 0 Å². The van der Waals surface area contributed by atoms with Crippen LogP contribution in [0.3, 0.4) is 0 Å². The standard InChI is InChI=1S/C12H19F3O2/c1-3-5-6-7-8-10(12(13,14)15)9-11(16)17-4-2/h9H,3-8H2,1-2H3/b10-9-. The molecule has 17 heavy (non-hydrogen) atoms. The Bertz CT molecular complexity index is 257.